The molecule has 0 aromatic heterocycles. The van der Waals surface area contributed by atoms with Crippen molar-refractivity contribution in [3.8, 4) is 0 Å². The summed E-state index contributed by atoms with van der Waals surface area (Å²) in [5.41, 5.74) is 5.25. The zero-order valence-corrected chi connectivity index (χ0v) is 13.5. The SMILES string of the molecule is CC(=O)NCC/C=C1/c2ccccc2CSc2ccccc21. The Kier molecular flexibility index (Phi) is 4.64. The first-order chi connectivity index (χ1) is 10.8. The molecule has 3 rings (SSSR count). The zero-order valence-electron chi connectivity index (χ0n) is 12.6. The number of amides is 1. The standard InChI is InChI=1S/C19H19NOS/c1-14(21)20-12-6-10-17-16-8-3-2-7-15(16)13-22-19-11-5-4-9-18(17)19/h2-5,7-11H,6,12-13H2,1H3,(H,20,21)/b17-10-. The predicted octanol–water partition coefficient (Wildman–Crippen LogP) is 4.25. The third kappa shape index (κ3) is 3.25. The van der Waals surface area contributed by atoms with Crippen LogP contribution < -0.4 is 5.32 Å². The number of carbonyl (C=O) groups excluding carboxylic acids is 1. The van der Waals surface area contributed by atoms with Gasteiger partial charge in [-0.3, -0.25) is 4.79 Å². The first-order valence-corrected chi connectivity index (χ1v) is 8.49. The molecular formula is C19H19NOS. The van der Waals surface area contributed by atoms with Crippen LogP contribution in [0.15, 0.2) is 59.5 Å². The number of hydrogen-bond donors (Lipinski definition) is 1. The Bertz CT molecular complexity index is 671. The van der Waals surface area contributed by atoms with Crippen molar-refractivity contribution in [2.75, 3.05) is 6.54 Å². The van der Waals surface area contributed by atoms with Gasteiger partial charge in [-0.15, -0.1) is 11.8 Å². The second-order valence-electron chi connectivity index (χ2n) is 5.33. The normalized spacial score (nSPS) is 14.9. The van der Waals surface area contributed by atoms with E-state index in [9.17, 15) is 4.79 Å². The highest BCUT2D eigenvalue weighted by Gasteiger charge is 2.17. The van der Waals surface area contributed by atoms with Gasteiger partial charge in [0, 0.05) is 24.1 Å². The minimum absolute atomic E-state index is 0.0237. The lowest BCUT2D eigenvalue weighted by Gasteiger charge is -2.11. The molecule has 112 valence electrons. The van der Waals surface area contributed by atoms with Gasteiger partial charge in [0.2, 0.25) is 5.91 Å². The highest BCUT2D eigenvalue weighted by atomic mass is 32.2. The Morgan fingerprint density at radius 2 is 1.86 bits per heavy atom. The summed E-state index contributed by atoms with van der Waals surface area (Å²) in [4.78, 5) is 12.3. The Morgan fingerprint density at radius 1 is 1.14 bits per heavy atom. The first-order valence-electron chi connectivity index (χ1n) is 7.51. The van der Waals surface area contributed by atoms with Gasteiger partial charge in [-0.1, -0.05) is 48.5 Å². The van der Waals surface area contributed by atoms with Crippen LogP contribution >= 0.6 is 11.8 Å². The van der Waals surface area contributed by atoms with Crippen LogP contribution in [0.3, 0.4) is 0 Å². The Morgan fingerprint density at radius 3 is 2.68 bits per heavy atom. The van der Waals surface area contributed by atoms with Gasteiger partial charge >= 0.3 is 0 Å². The summed E-state index contributed by atoms with van der Waals surface area (Å²) >= 11 is 1.89. The van der Waals surface area contributed by atoms with Crippen LogP contribution in [0.5, 0.6) is 0 Å². The van der Waals surface area contributed by atoms with Gasteiger partial charge in [-0.2, -0.15) is 0 Å². The topological polar surface area (TPSA) is 29.1 Å². The molecule has 1 aliphatic rings. The average Bonchev–Trinajstić information content (AvgIpc) is 2.69. The molecule has 0 saturated carbocycles. The molecule has 3 heteroatoms. The maximum absolute atomic E-state index is 11.0. The molecule has 0 radical (unpaired) electrons. The maximum atomic E-state index is 11.0. The molecule has 1 aliphatic heterocycles. The van der Waals surface area contributed by atoms with Crippen molar-refractivity contribution in [1.29, 1.82) is 0 Å². The third-order valence-electron chi connectivity index (χ3n) is 3.73. The average molecular weight is 309 g/mol. The van der Waals surface area contributed by atoms with Crippen molar-refractivity contribution in [3.63, 3.8) is 0 Å². The quantitative estimate of drug-likeness (QED) is 0.859. The van der Waals surface area contributed by atoms with Crippen LogP contribution in [-0.4, -0.2) is 12.5 Å². The number of nitrogens with one attached hydrogen (secondary N) is 1. The Labute approximate surface area is 135 Å². The lowest BCUT2D eigenvalue weighted by molar-refractivity contribution is -0.118. The van der Waals surface area contributed by atoms with Gasteiger partial charge < -0.3 is 5.32 Å². The van der Waals surface area contributed by atoms with Crippen LogP contribution in [0.4, 0.5) is 0 Å². The maximum Gasteiger partial charge on any atom is 0.216 e. The summed E-state index contributed by atoms with van der Waals surface area (Å²) in [5.74, 6) is 1.02. The molecule has 22 heavy (non-hydrogen) atoms. The molecule has 1 amide bonds. The van der Waals surface area contributed by atoms with Gasteiger partial charge in [0.1, 0.15) is 0 Å². The summed E-state index contributed by atoms with van der Waals surface area (Å²) in [6.07, 6.45) is 3.09. The van der Waals surface area contributed by atoms with E-state index < -0.39 is 0 Å². The number of rotatable bonds is 3. The largest absolute Gasteiger partial charge is 0.356 e. The molecule has 0 unspecified atom stereocenters. The van der Waals surface area contributed by atoms with E-state index in [4.69, 9.17) is 0 Å². The van der Waals surface area contributed by atoms with Crippen LogP contribution in [0, 0.1) is 0 Å². The van der Waals surface area contributed by atoms with Gasteiger partial charge in [0.05, 0.1) is 0 Å². The van der Waals surface area contributed by atoms with Crippen LogP contribution in [0.2, 0.25) is 0 Å². The molecule has 2 aromatic carbocycles. The van der Waals surface area contributed by atoms with Crippen molar-refractivity contribution in [2.45, 2.75) is 24.0 Å². The highest BCUT2D eigenvalue weighted by Crippen LogP contribution is 2.39. The van der Waals surface area contributed by atoms with Gasteiger partial charge in [0.25, 0.3) is 0 Å². The van der Waals surface area contributed by atoms with E-state index in [-0.39, 0.29) is 5.91 Å². The molecule has 0 spiro atoms. The minimum Gasteiger partial charge on any atom is -0.356 e. The predicted molar refractivity (Wildman–Crippen MR) is 92.8 cm³/mol. The third-order valence-corrected chi connectivity index (χ3v) is 4.86. The summed E-state index contributed by atoms with van der Waals surface area (Å²) in [6, 6.07) is 17.2. The number of fused-ring (bicyclic) bond motifs is 2. The summed E-state index contributed by atoms with van der Waals surface area (Å²) < 4.78 is 0. The van der Waals surface area contributed by atoms with Gasteiger partial charge in [-0.05, 0) is 34.8 Å². The second kappa shape index (κ2) is 6.84. The molecule has 0 bridgehead atoms. The molecule has 2 nitrogen and oxygen atoms in total. The summed E-state index contributed by atoms with van der Waals surface area (Å²) in [6.45, 7) is 2.23. The molecule has 0 saturated heterocycles. The van der Waals surface area contributed by atoms with Crippen molar-refractivity contribution in [1.82, 2.24) is 5.32 Å². The van der Waals surface area contributed by atoms with Gasteiger partial charge in [0.15, 0.2) is 0 Å². The lowest BCUT2D eigenvalue weighted by atomic mass is 9.93. The zero-order chi connectivity index (χ0) is 15.4. The lowest BCUT2D eigenvalue weighted by Crippen LogP contribution is -2.20. The number of carbonyl (C=O) groups is 1. The highest BCUT2D eigenvalue weighted by molar-refractivity contribution is 7.98. The monoisotopic (exact) mass is 309 g/mol. The van der Waals surface area contributed by atoms with Crippen LogP contribution in [-0.2, 0) is 10.5 Å². The van der Waals surface area contributed by atoms with E-state index in [1.54, 1.807) is 6.92 Å². The summed E-state index contributed by atoms with van der Waals surface area (Å²) in [5, 5.41) is 2.86. The molecule has 1 heterocycles. The number of hydrogen-bond acceptors (Lipinski definition) is 2. The fourth-order valence-corrected chi connectivity index (χ4v) is 3.78. The summed E-state index contributed by atoms with van der Waals surface area (Å²) in [7, 11) is 0. The Balaban J connectivity index is 1.98. The van der Waals surface area contributed by atoms with E-state index >= 15 is 0 Å². The molecule has 1 N–H and O–H groups in total. The van der Waals surface area contributed by atoms with Crippen LogP contribution in [0.1, 0.15) is 30.0 Å². The van der Waals surface area contributed by atoms with E-state index in [1.807, 2.05) is 11.8 Å². The molecule has 0 fully saturated rings. The van der Waals surface area contributed by atoms with E-state index in [0.717, 1.165) is 12.2 Å². The first kappa shape index (κ1) is 14.9. The molecule has 0 atom stereocenters. The van der Waals surface area contributed by atoms with E-state index in [2.05, 4.69) is 59.9 Å². The van der Waals surface area contributed by atoms with Crippen molar-refractivity contribution in [3.05, 3.63) is 71.3 Å². The van der Waals surface area contributed by atoms with E-state index in [0.29, 0.717) is 6.54 Å². The minimum atomic E-state index is 0.0237. The molecular weight excluding hydrogens is 290 g/mol. The van der Waals surface area contributed by atoms with Crippen LogP contribution in [0.25, 0.3) is 5.57 Å². The smallest absolute Gasteiger partial charge is 0.216 e. The second-order valence-corrected chi connectivity index (χ2v) is 6.35. The van der Waals surface area contributed by atoms with Gasteiger partial charge in [-0.25, -0.2) is 0 Å². The van der Waals surface area contributed by atoms with Crippen molar-refractivity contribution >= 4 is 23.2 Å². The fourth-order valence-electron chi connectivity index (χ4n) is 2.71. The fraction of sp³-hybridized carbons (Fsp3) is 0.211. The van der Waals surface area contributed by atoms with Crippen molar-refractivity contribution in [2.24, 2.45) is 0 Å². The van der Waals surface area contributed by atoms with Crippen molar-refractivity contribution < 1.29 is 4.79 Å². The number of benzene rings is 2. The Hall–Kier alpha value is -2.00. The van der Waals surface area contributed by atoms with E-state index in [1.165, 1.54) is 27.2 Å². The number of thioether (sulfide) groups is 1. The molecule has 2 aromatic rings. The molecule has 0 aliphatic carbocycles.